The third kappa shape index (κ3) is 4.14. The van der Waals surface area contributed by atoms with Gasteiger partial charge in [-0.05, 0) is 38.0 Å². The van der Waals surface area contributed by atoms with Gasteiger partial charge in [-0.15, -0.1) is 0 Å². The molecule has 0 aromatic heterocycles. The van der Waals surface area contributed by atoms with Crippen molar-refractivity contribution in [1.29, 1.82) is 0 Å². The van der Waals surface area contributed by atoms with Gasteiger partial charge in [-0.2, -0.15) is 0 Å². The standard InChI is InChI=1S/C21H20FN3O6/c1-12-16(22)8-14(9-17(12)25(28)29)21(27)24-6-4-13(5-7-24)20(26)23-15-2-3-18-19(10-15)31-11-30-18/h2-3,8-10,13H,4-7,11H2,1H3,(H,23,26). The van der Waals surface area contributed by atoms with Crippen LogP contribution in [-0.2, 0) is 4.79 Å². The number of carbonyl (C=O) groups excluding carboxylic acids is 2. The Morgan fingerprint density at radius 1 is 1.16 bits per heavy atom. The first-order chi connectivity index (χ1) is 14.8. The van der Waals surface area contributed by atoms with Gasteiger partial charge in [-0.1, -0.05) is 0 Å². The highest BCUT2D eigenvalue weighted by molar-refractivity contribution is 5.96. The number of amides is 2. The van der Waals surface area contributed by atoms with E-state index in [4.69, 9.17) is 9.47 Å². The van der Waals surface area contributed by atoms with Crippen molar-refractivity contribution in [2.45, 2.75) is 19.8 Å². The van der Waals surface area contributed by atoms with E-state index < -0.39 is 22.3 Å². The second-order valence-electron chi connectivity index (χ2n) is 7.48. The highest BCUT2D eigenvalue weighted by atomic mass is 19.1. The SMILES string of the molecule is Cc1c(F)cc(C(=O)N2CCC(C(=O)Nc3ccc4c(c3)OCO4)CC2)cc1[N+](=O)[O-]. The number of nitro groups is 1. The number of halogens is 1. The van der Waals surface area contributed by atoms with E-state index in [1.54, 1.807) is 18.2 Å². The molecule has 1 saturated heterocycles. The second kappa shape index (κ2) is 8.21. The van der Waals surface area contributed by atoms with Crippen molar-refractivity contribution >= 4 is 23.2 Å². The highest BCUT2D eigenvalue weighted by Crippen LogP contribution is 2.34. The highest BCUT2D eigenvalue weighted by Gasteiger charge is 2.29. The predicted octanol–water partition coefficient (Wildman–Crippen LogP) is 3.26. The molecule has 0 unspecified atom stereocenters. The molecule has 1 N–H and O–H groups in total. The Kier molecular flexibility index (Phi) is 5.45. The number of ether oxygens (including phenoxy) is 2. The molecule has 0 aliphatic carbocycles. The Morgan fingerprint density at radius 2 is 1.87 bits per heavy atom. The molecule has 10 heteroatoms. The molecular formula is C21H20FN3O6. The van der Waals surface area contributed by atoms with Crippen LogP contribution in [0.3, 0.4) is 0 Å². The minimum Gasteiger partial charge on any atom is -0.454 e. The van der Waals surface area contributed by atoms with Crippen molar-refractivity contribution in [2.24, 2.45) is 5.92 Å². The smallest absolute Gasteiger partial charge is 0.276 e. The first kappa shape index (κ1) is 20.6. The molecular weight excluding hydrogens is 409 g/mol. The summed E-state index contributed by atoms with van der Waals surface area (Å²) in [7, 11) is 0. The minimum atomic E-state index is -0.796. The van der Waals surface area contributed by atoms with E-state index in [1.807, 2.05) is 0 Å². The van der Waals surface area contributed by atoms with Gasteiger partial charge in [0.25, 0.3) is 11.6 Å². The molecule has 31 heavy (non-hydrogen) atoms. The summed E-state index contributed by atoms with van der Waals surface area (Å²) < 4.78 is 24.6. The summed E-state index contributed by atoms with van der Waals surface area (Å²) in [5.41, 5.74) is -0.0185. The lowest BCUT2D eigenvalue weighted by Crippen LogP contribution is -2.41. The monoisotopic (exact) mass is 429 g/mol. The molecule has 4 rings (SSSR count). The zero-order chi connectivity index (χ0) is 22.1. The molecule has 162 valence electrons. The van der Waals surface area contributed by atoms with Gasteiger partial charge in [0, 0.05) is 42.4 Å². The van der Waals surface area contributed by atoms with Crippen LogP contribution in [0.1, 0.15) is 28.8 Å². The van der Waals surface area contributed by atoms with Crippen LogP contribution in [0.5, 0.6) is 11.5 Å². The Balaban J connectivity index is 1.37. The number of likely N-dealkylation sites (tertiary alicyclic amines) is 1. The maximum Gasteiger partial charge on any atom is 0.276 e. The fourth-order valence-electron chi connectivity index (χ4n) is 3.72. The molecule has 0 atom stereocenters. The normalized spacial score (nSPS) is 15.6. The van der Waals surface area contributed by atoms with Crippen molar-refractivity contribution in [2.75, 3.05) is 25.2 Å². The Labute approximate surface area is 176 Å². The maximum absolute atomic E-state index is 14.0. The van der Waals surface area contributed by atoms with Crippen LogP contribution in [0.2, 0.25) is 0 Å². The van der Waals surface area contributed by atoms with Crippen LogP contribution in [-0.4, -0.2) is 41.5 Å². The van der Waals surface area contributed by atoms with Gasteiger partial charge in [0.1, 0.15) is 5.82 Å². The molecule has 0 radical (unpaired) electrons. The lowest BCUT2D eigenvalue weighted by atomic mass is 9.95. The number of fused-ring (bicyclic) bond motifs is 1. The quantitative estimate of drug-likeness (QED) is 0.590. The summed E-state index contributed by atoms with van der Waals surface area (Å²) in [6.45, 7) is 2.03. The van der Waals surface area contributed by atoms with Crippen molar-refractivity contribution in [3.8, 4) is 11.5 Å². The van der Waals surface area contributed by atoms with Crippen molar-refractivity contribution in [1.82, 2.24) is 4.90 Å². The van der Waals surface area contributed by atoms with Crippen LogP contribution in [0, 0.1) is 28.8 Å². The number of piperidine rings is 1. The van der Waals surface area contributed by atoms with Crippen LogP contribution in [0.15, 0.2) is 30.3 Å². The van der Waals surface area contributed by atoms with Gasteiger partial charge in [0.15, 0.2) is 11.5 Å². The number of hydrogen-bond acceptors (Lipinski definition) is 6. The topological polar surface area (TPSA) is 111 Å². The van der Waals surface area contributed by atoms with E-state index in [-0.39, 0.29) is 29.7 Å². The lowest BCUT2D eigenvalue weighted by molar-refractivity contribution is -0.385. The van der Waals surface area contributed by atoms with Crippen LogP contribution in [0.4, 0.5) is 15.8 Å². The largest absolute Gasteiger partial charge is 0.454 e. The second-order valence-corrected chi connectivity index (χ2v) is 7.48. The van der Waals surface area contributed by atoms with Crippen LogP contribution >= 0.6 is 0 Å². The molecule has 2 amide bonds. The zero-order valence-corrected chi connectivity index (χ0v) is 16.7. The summed E-state index contributed by atoms with van der Waals surface area (Å²) in [4.78, 5) is 37.2. The van der Waals surface area contributed by atoms with E-state index in [9.17, 15) is 24.1 Å². The molecule has 0 bridgehead atoms. The molecule has 0 saturated carbocycles. The van der Waals surface area contributed by atoms with Gasteiger partial charge in [0.05, 0.1) is 10.5 Å². The molecule has 2 aromatic rings. The van der Waals surface area contributed by atoms with Gasteiger partial charge < -0.3 is 19.7 Å². The average Bonchev–Trinajstić information content (AvgIpc) is 3.22. The number of benzene rings is 2. The van der Waals surface area contributed by atoms with E-state index in [2.05, 4.69) is 5.32 Å². The number of anilines is 1. The van der Waals surface area contributed by atoms with E-state index in [0.717, 1.165) is 12.1 Å². The average molecular weight is 429 g/mol. The molecule has 9 nitrogen and oxygen atoms in total. The van der Waals surface area contributed by atoms with Crippen LogP contribution < -0.4 is 14.8 Å². The van der Waals surface area contributed by atoms with Crippen LogP contribution in [0.25, 0.3) is 0 Å². The number of nitro benzene ring substituents is 1. The Hall–Kier alpha value is -3.69. The van der Waals surface area contributed by atoms with E-state index >= 15 is 0 Å². The zero-order valence-electron chi connectivity index (χ0n) is 16.7. The number of rotatable bonds is 4. The van der Waals surface area contributed by atoms with Gasteiger partial charge in [-0.25, -0.2) is 4.39 Å². The number of hydrogen-bond donors (Lipinski definition) is 1. The van der Waals surface area contributed by atoms with Crippen molar-refractivity contribution in [3.63, 3.8) is 0 Å². The number of nitrogens with one attached hydrogen (secondary N) is 1. The number of carbonyl (C=O) groups is 2. The fourth-order valence-corrected chi connectivity index (χ4v) is 3.72. The van der Waals surface area contributed by atoms with Gasteiger partial charge in [-0.3, -0.25) is 19.7 Å². The Morgan fingerprint density at radius 3 is 2.58 bits per heavy atom. The summed E-state index contributed by atoms with van der Waals surface area (Å²) >= 11 is 0. The van der Waals surface area contributed by atoms with Crippen molar-refractivity contribution < 1.29 is 28.4 Å². The lowest BCUT2D eigenvalue weighted by Gasteiger charge is -2.31. The molecule has 2 heterocycles. The van der Waals surface area contributed by atoms with Crippen molar-refractivity contribution in [3.05, 3.63) is 57.4 Å². The summed E-state index contributed by atoms with van der Waals surface area (Å²) in [6.07, 6.45) is 0.858. The minimum absolute atomic E-state index is 0.0712. The molecule has 2 aromatic carbocycles. The molecule has 1 fully saturated rings. The third-order valence-electron chi connectivity index (χ3n) is 5.55. The fraction of sp³-hybridized carbons (Fsp3) is 0.333. The van der Waals surface area contributed by atoms with Gasteiger partial charge >= 0.3 is 0 Å². The molecule has 0 spiro atoms. The predicted molar refractivity (Wildman–Crippen MR) is 108 cm³/mol. The maximum atomic E-state index is 14.0. The summed E-state index contributed by atoms with van der Waals surface area (Å²) in [5, 5.41) is 14.0. The summed E-state index contributed by atoms with van der Waals surface area (Å²) in [6, 6.07) is 7.25. The van der Waals surface area contributed by atoms with E-state index in [0.29, 0.717) is 43.1 Å². The summed E-state index contributed by atoms with van der Waals surface area (Å²) in [5.74, 6) is -0.552. The number of nitrogens with zero attached hydrogens (tertiary/aromatic N) is 2. The first-order valence-corrected chi connectivity index (χ1v) is 9.78. The molecule has 2 aliphatic rings. The first-order valence-electron chi connectivity index (χ1n) is 9.78. The third-order valence-corrected chi connectivity index (χ3v) is 5.55. The van der Waals surface area contributed by atoms with E-state index in [1.165, 1.54) is 11.8 Å². The molecule has 2 aliphatic heterocycles. The Bertz CT molecular complexity index is 1070. The van der Waals surface area contributed by atoms with Gasteiger partial charge in [0.2, 0.25) is 12.7 Å².